The molecule has 0 aliphatic carbocycles. The fourth-order valence-corrected chi connectivity index (χ4v) is 1.53. The van der Waals surface area contributed by atoms with E-state index in [2.05, 4.69) is 31.7 Å². The molecule has 0 amide bonds. The molecule has 0 fully saturated rings. The third-order valence-corrected chi connectivity index (χ3v) is 2.67. The maximum absolute atomic E-state index is 8.63. The van der Waals surface area contributed by atoms with Crippen LogP contribution in [0.3, 0.4) is 0 Å². The van der Waals surface area contributed by atoms with Crippen LogP contribution in [0.4, 0.5) is 0 Å². The Morgan fingerprint density at radius 1 is 1.47 bits per heavy atom. The predicted octanol–water partition coefficient (Wildman–Crippen LogP) is 3.63. The Hall–Kier alpha value is -0.860. The Morgan fingerprint density at radius 3 is 2.82 bits per heavy atom. The van der Waals surface area contributed by atoms with Crippen molar-refractivity contribution in [3.05, 3.63) is 36.5 Å². The third kappa shape index (κ3) is 10.0. The van der Waals surface area contributed by atoms with Gasteiger partial charge >= 0.3 is 0 Å². The number of rotatable bonds is 10. The molecule has 1 N–H and O–H groups in total. The number of aliphatic hydroxyl groups is 1. The van der Waals surface area contributed by atoms with Crippen LogP contribution in [-0.2, 0) is 4.74 Å². The van der Waals surface area contributed by atoms with Crippen LogP contribution in [0.5, 0.6) is 0 Å². The van der Waals surface area contributed by atoms with Crippen LogP contribution in [0.1, 0.15) is 39.0 Å². The van der Waals surface area contributed by atoms with Gasteiger partial charge in [0.15, 0.2) is 0 Å². The summed E-state index contributed by atoms with van der Waals surface area (Å²) < 4.78 is 5.35. The van der Waals surface area contributed by atoms with Crippen LogP contribution < -0.4 is 0 Å². The average molecular weight is 238 g/mol. The van der Waals surface area contributed by atoms with E-state index in [1.807, 2.05) is 6.08 Å². The molecule has 0 heterocycles. The lowest BCUT2D eigenvalue weighted by molar-refractivity contribution is 0.0981. The molecule has 0 unspecified atom stereocenters. The summed E-state index contributed by atoms with van der Waals surface area (Å²) in [5.74, 6) is 0. The smallest absolute Gasteiger partial charge is 0.0608 e. The van der Waals surface area contributed by atoms with E-state index in [0.717, 1.165) is 32.1 Å². The Balaban J connectivity index is 3.82. The van der Waals surface area contributed by atoms with E-state index in [1.54, 1.807) is 7.11 Å². The molecule has 0 aromatic carbocycles. The molecule has 0 bridgehead atoms. The topological polar surface area (TPSA) is 29.5 Å². The molecule has 0 saturated heterocycles. The van der Waals surface area contributed by atoms with Crippen LogP contribution in [0.2, 0.25) is 0 Å². The number of allylic oxidation sites excluding steroid dienone is 4. The second-order valence-corrected chi connectivity index (χ2v) is 4.23. The normalized spacial score (nSPS) is 14.2. The van der Waals surface area contributed by atoms with E-state index in [1.165, 1.54) is 5.57 Å². The van der Waals surface area contributed by atoms with E-state index in [9.17, 15) is 0 Å². The Bertz CT molecular complexity index is 241. The van der Waals surface area contributed by atoms with Gasteiger partial charge in [0.25, 0.3) is 0 Å². The van der Waals surface area contributed by atoms with Gasteiger partial charge in [0, 0.05) is 13.7 Å². The summed E-state index contributed by atoms with van der Waals surface area (Å²) in [4.78, 5) is 0. The van der Waals surface area contributed by atoms with Crippen molar-refractivity contribution in [1.29, 1.82) is 0 Å². The van der Waals surface area contributed by atoms with Gasteiger partial charge in [-0.3, -0.25) is 0 Å². The number of hydrogen-bond donors (Lipinski definition) is 1. The SMILES string of the molecule is C=CC[C@@H](CC/C(C)=C/C=C/CCCO)OC. The van der Waals surface area contributed by atoms with E-state index in [-0.39, 0.29) is 12.7 Å². The van der Waals surface area contributed by atoms with Gasteiger partial charge in [0.1, 0.15) is 0 Å². The van der Waals surface area contributed by atoms with Crippen molar-refractivity contribution in [3.63, 3.8) is 0 Å². The van der Waals surface area contributed by atoms with Gasteiger partial charge in [0.05, 0.1) is 6.10 Å². The number of aliphatic hydroxyl groups excluding tert-OH is 1. The Labute approximate surface area is 106 Å². The molecule has 0 aliphatic rings. The molecule has 1 atom stereocenters. The Morgan fingerprint density at radius 2 is 2.24 bits per heavy atom. The van der Waals surface area contributed by atoms with Gasteiger partial charge in [-0.1, -0.05) is 29.9 Å². The van der Waals surface area contributed by atoms with Crippen LogP contribution in [0.15, 0.2) is 36.5 Å². The lowest BCUT2D eigenvalue weighted by Crippen LogP contribution is -2.08. The predicted molar refractivity (Wildman–Crippen MR) is 74.1 cm³/mol. The highest BCUT2D eigenvalue weighted by atomic mass is 16.5. The number of unbranched alkanes of at least 4 members (excludes halogenated alkanes) is 1. The summed E-state index contributed by atoms with van der Waals surface area (Å²) in [6.45, 7) is 6.13. The lowest BCUT2D eigenvalue weighted by atomic mass is 10.1. The van der Waals surface area contributed by atoms with Crippen molar-refractivity contribution in [2.75, 3.05) is 13.7 Å². The molecule has 0 radical (unpaired) electrons. The number of hydrogen-bond acceptors (Lipinski definition) is 2. The van der Waals surface area contributed by atoms with E-state index >= 15 is 0 Å². The van der Waals surface area contributed by atoms with E-state index < -0.39 is 0 Å². The van der Waals surface area contributed by atoms with Gasteiger partial charge in [-0.25, -0.2) is 0 Å². The molecule has 0 spiro atoms. The molecule has 0 aliphatic heterocycles. The minimum Gasteiger partial charge on any atom is -0.396 e. The zero-order valence-electron chi connectivity index (χ0n) is 11.2. The first-order valence-corrected chi connectivity index (χ1v) is 6.31. The molecule has 17 heavy (non-hydrogen) atoms. The maximum Gasteiger partial charge on any atom is 0.0608 e. The van der Waals surface area contributed by atoms with E-state index in [4.69, 9.17) is 9.84 Å². The molecule has 98 valence electrons. The fourth-order valence-electron chi connectivity index (χ4n) is 1.53. The second-order valence-electron chi connectivity index (χ2n) is 4.23. The Kier molecular flexibility index (Phi) is 11.0. The first kappa shape index (κ1) is 16.1. The van der Waals surface area contributed by atoms with Crippen LogP contribution >= 0.6 is 0 Å². The second kappa shape index (κ2) is 11.6. The summed E-state index contributed by atoms with van der Waals surface area (Å²) in [5.41, 5.74) is 1.36. The summed E-state index contributed by atoms with van der Waals surface area (Å²) >= 11 is 0. The van der Waals surface area contributed by atoms with Crippen LogP contribution in [-0.4, -0.2) is 24.9 Å². The molecular weight excluding hydrogens is 212 g/mol. The largest absolute Gasteiger partial charge is 0.396 e. The molecule has 0 aromatic heterocycles. The van der Waals surface area contributed by atoms with Crippen LogP contribution in [0.25, 0.3) is 0 Å². The fraction of sp³-hybridized carbons (Fsp3) is 0.600. The molecule has 0 aromatic rings. The highest BCUT2D eigenvalue weighted by molar-refractivity contribution is 5.10. The zero-order chi connectivity index (χ0) is 12.9. The first-order chi connectivity index (χ1) is 8.24. The van der Waals surface area contributed by atoms with Gasteiger partial charge < -0.3 is 9.84 Å². The first-order valence-electron chi connectivity index (χ1n) is 6.31. The third-order valence-electron chi connectivity index (χ3n) is 2.67. The number of ether oxygens (including phenoxy) is 1. The molecule has 2 nitrogen and oxygen atoms in total. The van der Waals surface area contributed by atoms with Gasteiger partial charge in [-0.2, -0.15) is 0 Å². The lowest BCUT2D eigenvalue weighted by Gasteiger charge is -2.12. The van der Waals surface area contributed by atoms with Crippen molar-refractivity contribution in [2.45, 2.75) is 45.1 Å². The molecule has 0 rings (SSSR count). The van der Waals surface area contributed by atoms with Gasteiger partial charge in [-0.05, 0) is 39.0 Å². The van der Waals surface area contributed by atoms with Crippen molar-refractivity contribution in [3.8, 4) is 0 Å². The summed E-state index contributed by atoms with van der Waals surface area (Å²) in [7, 11) is 1.75. The molecule has 0 saturated carbocycles. The monoisotopic (exact) mass is 238 g/mol. The highest BCUT2D eigenvalue weighted by Gasteiger charge is 2.04. The quantitative estimate of drug-likeness (QED) is 0.358. The van der Waals surface area contributed by atoms with Crippen molar-refractivity contribution >= 4 is 0 Å². The van der Waals surface area contributed by atoms with E-state index in [0.29, 0.717) is 0 Å². The van der Waals surface area contributed by atoms with Gasteiger partial charge in [-0.15, -0.1) is 6.58 Å². The minimum absolute atomic E-state index is 0.268. The maximum atomic E-state index is 8.63. The van der Waals surface area contributed by atoms with Crippen LogP contribution in [0, 0.1) is 0 Å². The van der Waals surface area contributed by atoms with Crippen molar-refractivity contribution in [1.82, 2.24) is 0 Å². The summed E-state index contributed by atoms with van der Waals surface area (Å²) in [6, 6.07) is 0. The number of methoxy groups -OCH3 is 1. The molecular formula is C15H26O2. The highest BCUT2D eigenvalue weighted by Crippen LogP contribution is 2.12. The van der Waals surface area contributed by atoms with Crippen molar-refractivity contribution < 1.29 is 9.84 Å². The zero-order valence-corrected chi connectivity index (χ0v) is 11.2. The van der Waals surface area contributed by atoms with Crippen molar-refractivity contribution in [2.24, 2.45) is 0 Å². The summed E-state index contributed by atoms with van der Waals surface area (Å²) in [5, 5.41) is 8.63. The minimum atomic E-state index is 0.268. The average Bonchev–Trinajstić information content (AvgIpc) is 2.34. The summed E-state index contributed by atoms with van der Waals surface area (Å²) in [6.07, 6.45) is 13.3. The standard InChI is InChI=1S/C15H26O2/c1-4-9-15(17-3)12-11-14(2)10-7-5-6-8-13-16/h4-5,7,10,15-16H,1,6,8-9,11-13H2,2-3H3/b7-5+,14-10+/t15-/m0/s1. The molecule has 2 heteroatoms. The van der Waals surface area contributed by atoms with Gasteiger partial charge in [0.2, 0.25) is 0 Å².